The molecule has 196 valence electrons. The van der Waals surface area contributed by atoms with Gasteiger partial charge in [-0.15, -0.1) is 11.3 Å². The second kappa shape index (κ2) is 11.4. The van der Waals surface area contributed by atoms with E-state index in [-0.39, 0.29) is 5.57 Å². The van der Waals surface area contributed by atoms with Gasteiger partial charge in [0.2, 0.25) is 0 Å². The summed E-state index contributed by atoms with van der Waals surface area (Å²) in [5.41, 5.74) is 6.27. The maximum atomic E-state index is 11.1. The van der Waals surface area contributed by atoms with Crippen LogP contribution >= 0.6 is 11.3 Å². The van der Waals surface area contributed by atoms with E-state index < -0.39 is 5.97 Å². The summed E-state index contributed by atoms with van der Waals surface area (Å²) in [4.78, 5) is 15.2. The Hall–Kier alpha value is -5.44. The molecule has 0 bridgehead atoms. The number of carboxylic acid groups (broad SMARTS) is 1. The minimum Gasteiger partial charge on any atom is -0.477 e. The Bertz CT molecular complexity index is 1910. The summed E-state index contributed by atoms with van der Waals surface area (Å²) in [6.45, 7) is 0. The zero-order chi connectivity index (χ0) is 28.2. The zero-order valence-corrected chi connectivity index (χ0v) is 22.8. The second-order valence-electron chi connectivity index (χ2n) is 9.47. The van der Waals surface area contributed by atoms with E-state index in [1.54, 1.807) is 6.07 Å². The van der Waals surface area contributed by atoms with Gasteiger partial charge in [0.15, 0.2) is 0 Å². The monoisotopic (exact) mass is 548 g/mol. The fourth-order valence-corrected chi connectivity index (χ4v) is 5.86. The van der Waals surface area contributed by atoms with E-state index in [0.29, 0.717) is 0 Å². The fraction of sp³-hybridized carbons (Fsp3) is 0. The number of benzene rings is 5. The van der Waals surface area contributed by atoms with Crippen molar-refractivity contribution in [3.8, 4) is 27.6 Å². The van der Waals surface area contributed by atoms with Crippen molar-refractivity contribution in [1.82, 2.24) is 0 Å². The topological polar surface area (TPSA) is 64.3 Å². The summed E-state index contributed by atoms with van der Waals surface area (Å²) in [7, 11) is 0. The van der Waals surface area contributed by atoms with E-state index in [1.165, 1.54) is 28.2 Å². The standard InChI is InChI=1S/C36H24N2O2S/c37-24-29(36(39)40)23-32-21-22-35(41-32)28-15-13-25(14-16-28)26-17-19-31(20-18-26)38(30-9-2-1-3-10-30)34-12-6-8-27-7-4-5-11-33(27)34/h1-23H,(H,39,40)/b29-23+. The van der Waals surface area contributed by atoms with E-state index in [9.17, 15) is 4.79 Å². The molecule has 0 amide bonds. The molecule has 0 aliphatic heterocycles. The quantitative estimate of drug-likeness (QED) is 0.159. The molecule has 1 N–H and O–H groups in total. The average molecular weight is 549 g/mol. The Labute approximate surface area is 242 Å². The van der Waals surface area contributed by atoms with Crippen LogP contribution in [-0.2, 0) is 4.79 Å². The highest BCUT2D eigenvalue weighted by molar-refractivity contribution is 7.16. The highest BCUT2D eigenvalue weighted by atomic mass is 32.1. The van der Waals surface area contributed by atoms with Gasteiger partial charge < -0.3 is 10.0 Å². The van der Waals surface area contributed by atoms with Crippen molar-refractivity contribution in [1.29, 1.82) is 5.26 Å². The van der Waals surface area contributed by atoms with E-state index in [2.05, 4.69) is 120 Å². The van der Waals surface area contributed by atoms with Crippen LogP contribution in [0.5, 0.6) is 0 Å². The van der Waals surface area contributed by atoms with Crippen LogP contribution in [0, 0.1) is 11.3 Å². The molecule has 6 aromatic rings. The third kappa shape index (κ3) is 5.38. The van der Waals surface area contributed by atoms with Crippen LogP contribution in [0.1, 0.15) is 4.88 Å². The van der Waals surface area contributed by atoms with Gasteiger partial charge in [-0.25, -0.2) is 4.79 Å². The number of fused-ring (bicyclic) bond motifs is 1. The van der Waals surface area contributed by atoms with E-state index in [1.807, 2.05) is 18.2 Å². The van der Waals surface area contributed by atoms with E-state index >= 15 is 0 Å². The molecule has 0 unspecified atom stereocenters. The molecule has 0 radical (unpaired) electrons. The second-order valence-corrected chi connectivity index (χ2v) is 10.6. The lowest BCUT2D eigenvalue weighted by molar-refractivity contribution is -0.132. The average Bonchev–Trinajstić information content (AvgIpc) is 3.50. The highest BCUT2D eigenvalue weighted by Crippen LogP contribution is 2.39. The molecule has 41 heavy (non-hydrogen) atoms. The lowest BCUT2D eigenvalue weighted by Gasteiger charge is -2.27. The van der Waals surface area contributed by atoms with Gasteiger partial charge in [0.1, 0.15) is 11.6 Å². The van der Waals surface area contributed by atoms with Crippen LogP contribution in [0.15, 0.2) is 139 Å². The summed E-state index contributed by atoms with van der Waals surface area (Å²) in [5.74, 6) is -1.22. The molecule has 0 fully saturated rings. The van der Waals surface area contributed by atoms with Crippen molar-refractivity contribution in [2.75, 3.05) is 4.90 Å². The molecule has 0 atom stereocenters. The first-order valence-corrected chi connectivity index (χ1v) is 13.9. The van der Waals surface area contributed by atoms with Crippen molar-refractivity contribution in [3.63, 3.8) is 0 Å². The Morgan fingerprint density at radius 1 is 0.683 bits per heavy atom. The van der Waals surface area contributed by atoms with Crippen molar-refractivity contribution >= 4 is 51.2 Å². The number of para-hydroxylation sites is 1. The van der Waals surface area contributed by atoms with Crippen LogP contribution in [0.25, 0.3) is 38.4 Å². The maximum Gasteiger partial charge on any atom is 0.346 e. The molecule has 0 spiro atoms. The van der Waals surface area contributed by atoms with Crippen LogP contribution in [-0.4, -0.2) is 11.1 Å². The van der Waals surface area contributed by atoms with Crippen molar-refractivity contribution in [2.24, 2.45) is 0 Å². The molecule has 1 aromatic heterocycles. The maximum absolute atomic E-state index is 11.1. The number of hydrogen-bond donors (Lipinski definition) is 1. The number of rotatable bonds is 7. The number of nitrogens with zero attached hydrogens (tertiary/aromatic N) is 2. The zero-order valence-electron chi connectivity index (χ0n) is 21.9. The summed E-state index contributed by atoms with van der Waals surface area (Å²) in [5, 5.41) is 20.5. The largest absolute Gasteiger partial charge is 0.477 e. The van der Waals surface area contributed by atoms with Gasteiger partial charge in [-0.2, -0.15) is 5.26 Å². The third-order valence-electron chi connectivity index (χ3n) is 6.91. The summed E-state index contributed by atoms with van der Waals surface area (Å²) in [6.07, 6.45) is 1.41. The number of carboxylic acids is 1. The number of anilines is 3. The smallest absolute Gasteiger partial charge is 0.346 e. The number of thiophene rings is 1. The van der Waals surface area contributed by atoms with Gasteiger partial charge in [0.25, 0.3) is 0 Å². The van der Waals surface area contributed by atoms with Gasteiger partial charge in [-0.3, -0.25) is 0 Å². The number of aliphatic carboxylic acids is 1. The first-order valence-electron chi connectivity index (χ1n) is 13.1. The van der Waals surface area contributed by atoms with Crippen LogP contribution < -0.4 is 4.90 Å². The molecule has 0 aliphatic carbocycles. The Kier molecular flexibility index (Phi) is 7.15. The van der Waals surface area contributed by atoms with E-state index in [0.717, 1.165) is 43.5 Å². The SMILES string of the molecule is N#C/C(=C\c1ccc(-c2ccc(-c3ccc(N(c4ccccc4)c4cccc5ccccc45)cc3)cc2)s1)C(=O)O. The molecular weight excluding hydrogens is 524 g/mol. The molecule has 1 heterocycles. The van der Waals surface area contributed by atoms with Crippen molar-refractivity contribution in [2.45, 2.75) is 0 Å². The van der Waals surface area contributed by atoms with Crippen LogP contribution in [0.2, 0.25) is 0 Å². The molecule has 0 saturated carbocycles. The molecule has 4 nitrogen and oxygen atoms in total. The molecule has 5 heteroatoms. The number of carbonyl (C=O) groups is 1. The van der Waals surface area contributed by atoms with Gasteiger partial charge in [-0.05, 0) is 70.6 Å². The lowest BCUT2D eigenvalue weighted by atomic mass is 10.0. The van der Waals surface area contributed by atoms with Gasteiger partial charge >= 0.3 is 5.97 Å². The normalized spacial score (nSPS) is 11.2. The first kappa shape index (κ1) is 25.8. The molecule has 0 aliphatic rings. The van der Waals surface area contributed by atoms with Crippen LogP contribution in [0.4, 0.5) is 17.1 Å². The third-order valence-corrected chi connectivity index (χ3v) is 8.00. The highest BCUT2D eigenvalue weighted by Gasteiger charge is 2.15. The molecule has 5 aromatic carbocycles. The summed E-state index contributed by atoms with van der Waals surface area (Å²) < 4.78 is 0. The Balaban J connectivity index is 1.30. The number of hydrogen-bond acceptors (Lipinski definition) is 4. The molecule has 0 saturated heterocycles. The minimum atomic E-state index is -1.22. The molecule has 6 rings (SSSR count). The van der Waals surface area contributed by atoms with Gasteiger partial charge in [0, 0.05) is 26.5 Å². The minimum absolute atomic E-state index is 0.275. The Morgan fingerprint density at radius 3 is 2.00 bits per heavy atom. The van der Waals surface area contributed by atoms with Crippen molar-refractivity contribution < 1.29 is 9.90 Å². The van der Waals surface area contributed by atoms with E-state index in [4.69, 9.17) is 10.4 Å². The summed E-state index contributed by atoms with van der Waals surface area (Å²) in [6, 6.07) is 47.7. The van der Waals surface area contributed by atoms with Gasteiger partial charge in [0.05, 0.1) is 5.69 Å². The van der Waals surface area contributed by atoms with Crippen LogP contribution in [0.3, 0.4) is 0 Å². The predicted octanol–water partition coefficient (Wildman–Crippen LogP) is 9.70. The van der Waals surface area contributed by atoms with Gasteiger partial charge in [-0.1, -0.05) is 91.0 Å². The number of nitriles is 1. The Morgan fingerprint density at radius 2 is 1.29 bits per heavy atom. The lowest BCUT2D eigenvalue weighted by Crippen LogP contribution is -2.10. The molecular formula is C36H24N2O2S. The summed E-state index contributed by atoms with van der Waals surface area (Å²) >= 11 is 1.45. The first-order chi connectivity index (χ1) is 20.1. The fourth-order valence-electron chi connectivity index (χ4n) is 4.91. The predicted molar refractivity (Wildman–Crippen MR) is 169 cm³/mol. The van der Waals surface area contributed by atoms with Crippen molar-refractivity contribution in [3.05, 3.63) is 144 Å².